The number of ether oxygens (including phenoxy) is 1. The fourth-order valence-electron chi connectivity index (χ4n) is 2.65. The fourth-order valence-corrected chi connectivity index (χ4v) is 2.65. The molecule has 5 heteroatoms. The van der Waals surface area contributed by atoms with Crippen molar-refractivity contribution in [2.24, 2.45) is 5.92 Å². The van der Waals surface area contributed by atoms with Gasteiger partial charge in [-0.05, 0) is 36.6 Å². The van der Waals surface area contributed by atoms with Gasteiger partial charge in [0.05, 0.1) is 12.7 Å². The third-order valence-electron chi connectivity index (χ3n) is 3.63. The SMILES string of the molecule is COc1cc(CN2CCC(CC(=O)O)C2)ccc1C#N. The molecule has 0 aromatic heterocycles. The van der Waals surface area contributed by atoms with E-state index in [-0.39, 0.29) is 12.3 Å². The van der Waals surface area contributed by atoms with Crippen LogP contribution < -0.4 is 4.74 Å². The van der Waals surface area contributed by atoms with Crippen LogP contribution in [0.4, 0.5) is 0 Å². The number of hydrogen-bond acceptors (Lipinski definition) is 4. The molecule has 0 amide bonds. The smallest absolute Gasteiger partial charge is 0.303 e. The van der Waals surface area contributed by atoms with Gasteiger partial charge in [0.1, 0.15) is 11.8 Å². The summed E-state index contributed by atoms with van der Waals surface area (Å²) in [5.74, 6) is 0.107. The lowest BCUT2D eigenvalue weighted by atomic mass is 10.1. The van der Waals surface area contributed by atoms with Crippen molar-refractivity contribution in [1.82, 2.24) is 4.90 Å². The summed E-state index contributed by atoms with van der Waals surface area (Å²) in [5.41, 5.74) is 1.61. The van der Waals surface area contributed by atoms with Crippen LogP contribution in [-0.2, 0) is 11.3 Å². The number of hydrogen-bond donors (Lipinski definition) is 1. The Hall–Kier alpha value is -2.06. The van der Waals surface area contributed by atoms with E-state index in [1.165, 1.54) is 0 Å². The van der Waals surface area contributed by atoms with Gasteiger partial charge in [0.2, 0.25) is 0 Å². The van der Waals surface area contributed by atoms with E-state index in [9.17, 15) is 4.79 Å². The minimum absolute atomic E-state index is 0.243. The predicted molar refractivity (Wildman–Crippen MR) is 73.3 cm³/mol. The second-order valence-electron chi connectivity index (χ2n) is 5.13. The summed E-state index contributed by atoms with van der Waals surface area (Å²) >= 11 is 0. The van der Waals surface area contributed by atoms with E-state index < -0.39 is 5.97 Å². The molecule has 1 aliphatic heterocycles. The molecule has 1 heterocycles. The summed E-state index contributed by atoms with van der Waals surface area (Å²) in [5, 5.41) is 17.8. The van der Waals surface area contributed by atoms with Crippen molar-refractivity contribution < 1.29 is 14.6 Å². The van der Waals surface area contributed by atoms with Gasteiger partial charge in [0.25, 0.3) is 0 Å². The van der Waals surface area contributed by atoms with E-state index in [1.54, 1.807) is 13.2 Å². The van der Waals surface area contributed by atoms with Gasteiger partial charge < -0.3 is 9.84 Å². The Morgan fingerprint density at radius 2 is 2.40 bits per heavy atom. The Kier molecular flexibility index (Phi) is 4.59. The van der Waals surface area contributed by atoms with Crippen molar-refractivity contribution in [3.8, 4) is 11.8 Å². The first kappa shape index (κ1) is 14.4. The number of carboxylic acids is 1. The third kappa shape index (κ3) is 3.49. The van der Waals surface area contributed by atoms with Crippen LogP contribution >= 0.6 is 0 Å². The zero-order valence-electron chi connectivity index (χ0n) is 11.5. The lowest BCUT2D eigenvalue weighted by molar-refractivity contribution is -0.138. The molecule has 0 radical (unpaired) electrons. The maximum atomic E-state index is 10.7. The summed E-state index contributed by atoms with van der Waals surface area (Å²) in [6, 6.07) is 7.66. The number of benzene rings is 1. The van der Waals surface area contributed by atoms with Crippen LogP contribution in [0.5, 0.6) is 5.75 Å². The lowest BCUT2D eigenvalue weighted by Gasteiger charge is -2.16. The molecule has 0 aliphatic carbocycles. The van der Waals surface area contributed by atoms with Crippen LogP contribution in [-0.4, -0.2) is 36.2 Å². The molecule has 0 saturated carbocycles. The van der Waals surface area contributed by atoms with Crippen LogP contribution in [0.15, 0.2) is 18.2 Å². The number of aliphatic carboxylic acids is 1. The van der Waals surface area contributed by atoms with Crippen LogP contribution in [0.25, 0.3) is 0 Å². The lowest BCUT2D eigenvalue weighted by Crippen LogP contribution is -2.20. The molecule has 106 valence electrons. The van der Waals surface area contributed by atoms with Gasteiger partial charge in [-0.25, -0.2) is 0 Å². The minimum Gasteiger partial charge on any atom is -0.495 e. The first-order chi connectivity index (χ1) is 9.62. The number of nitriles is 1. The van der Waals surface area contributed by atoms with Crippen molar-refractivity contribution in [2.75, 3.05) is 20.2 Å². The van der Waals surface area contributed by atoms with Gasteiger partial charge in [0.15, 0.2) is 0 Å². The van der Waals surface area contributed by atoms with Crippen molar-refractivity contribution in [3.05, 3.63) is 29.3 Å². The summed E-state index contributed by atoms with van der Waals surface area (Å²) in [6.07, 6.45) is 1.17. The molecular formula is C15H18N2O3. The number of likely N-dealkylation sites (tertiary alicyclic amines) is 1. The van der Waals surface area contributed by atoms with Crippen molar-refractivity contribution in [2.45, 2.75) is 19.4 Å². The van der Waals surface area contributed by atoms with Gasteiger partial charge in [0, 0.05) is 19.5 Å². The number of carbonyl (C=O) groups is 1. The first-order valence-corrected chi connectivity index (χ1v) is 6.63. The van der Waals surface area contributed by atoms with Gasteiger partial charge in [-0.3, -0.25) is 9.69 Å². The molecule has 0 bridgehead atoms. The standard InChI is InChI=1S/C15H18N2O3/c1-20-14-6-11(2-3-13(14)8-16)9-17-5-4-12(10-17)7-15(18)19/h2-3,6,12H,4-5,7,9-10H2,1H3,(H,18,19). The van der Waals surface area contributed by atoms with Crippen molar-refractivity contribution in [3.63, 3.8) is 0 Å². The molecule has 1 N–H and O–H groups in total. The average molecular weight is 274 g/mol. The van der Waals surface area contributed by atoms with Crippen molar-refractivity contribution in [1.29, 1.82) is 5.26 Å². The van der Waals surface area contributed by atoms with E-state index in [4.69, 9.17) is 15.1 Å². The normalized spacial score (nSPS) is 18.7. The molecule has 1 atom stereocenters. The van der Waals surface area contributed by atoms with Crippen LogP contribution in [0.3, 0.4) is 0 Å². The Morgan fingerprint density at radius 3 is 3.05 bits per heavy atom. The second kappa shape index (κ2) is 6.40. The largest absolute Gasteiger partial charge is 0.495 e. The highest BCUT2D eigenvalue weighted by atomic mass is 16.5. The number of carboxylic acid groups (broad SMARTS) is 1. The van der Waals surface area contributed by atoms with Crippen LogP contribution in [0, 0.1) is 17.2 Å². The molecule has 1 aromatic rings. The van der Waals surface area contributed by atoms with E-state index in [0.717, 1.165) is 31.6 Å². The maximum absolute atomic E-state index is 10.7. The molecule has 5 nitrogen and oxygen atoms in total. The number of nitrogens with zero attached hydrogens (tertiary/aromatic N) is 2. The molecule has 0 spiro atoms. The molecule has 1 aromatic carbocycles. The highest BCUT2D eigenvalue weighted by Crippen LogP contribution is 2.24. The Morgan fingerprint density at radius 1 is 1.60 bits per heavy atom. The van der Waals surface area contributed by atoms with Crippen molar-refractivity contribution >= 4 is 5.97 Å². The first-order valence-electron chi connectivity index (χ1n) is 6.63. The van der Waals surface area contributed by atoms with Gasteiger partial charge in [-0.1, -0.05) is 6.07 Å². The number of methoxy groups -OCH3 is 1. The molecule has 1 saturated heterocycles. The van der Waals surface area contributed by atoms with E-state index in [1.807, 2.05) is 12.1 Å². The van der Waals surface area contributed by atoms with E-state index >= 15 is 0 Å². The van der Waals surface area contributed by atoms with Crippen LogP contribution in [0.1, 0.15) is 24.0 Å². The Bertz CT molecular complexity index is 536. The van der Waals surface area contributed by atoms with Gasteiger partial charge in [-0.2, -0.15) is 5.26 Å². The average Bonchev–Trinajstić information content (AvgIpc) is 2.85. The zero-order valence-corrected chi connectivity index (χ0v) is 11.5. The second-order valence-corrected chi connectivity index (χ2v) is 5.13. The molecule has 1 aliphatic rings. The number of rotatable bonds is 5. The van der Waals surface area contributed by atoms with Crippen LogP contribution in [0.2, 0.25) is 0 Å². The summed E-state index contributed by atoms with van der Waals surface area (Å²) in [6.45, 7) is 2.49. The molecule has 20 heavy (non-hydrogen) atoms. The third-order valence-corrected chi connectivity index (χ3v) is 3.63. The Balaban J connectivity index is 1.98. The maximum Gasteiger partial charge on any atom is 0.303 e. The minimum atomic E-state index is -0.725. The predicted octanol–water partition coefficient (Wildman–Crippen LogP) is 1.86. The highest BCUT2D eigenvalue weighted by Gasteiger charge is 2.24. The van der Waals surface area contributed by atoms with E-state index in [2.05, 4.69) is 11.0 Å². The topological polar surface area (TPSA) is 73.6 Å². The fraction of sp³-hybridized carbons (Fsp3) is 0.467. The quantitative estimate of drug-likeness (QED) is 0.887. The molecule has 1 unspecified atom stereocenters. The van der Waals surface area contributed by atoms with Gasteiger partial charge in [-0.15, -0.1) is 0 Å². The molecular weight excluding hydrogens is 256 g/mol. The highest BCUT2D eigenvalue weighted by molar-refractivity contribution is 5.67. The summed E-state index contributed by atoms with van der Waals surface area (Å²) < 4.78 is 5.20. The summed E-state index contributed by atoms with van der Waals surface area (Å²) in [4.78, 5) is 13.0. The summed E-state index contributed by atoms with van der Waals surface area (Å²) in [7, 11) is 1.55. The monoisotopic (exact) mass is 274 g/mol. The molecule has 1 fully saturated rings. The zero-order chi connectivity index (χ0) is 14.5. The van der Waals surface area contributed by atoms with E-state index in [0.29, 0.717) is 11.3 Å². The molecule has 2 rings (SSSR count). The van der Waals surface area contributed by atoms with Gasteiger partial charge >= 0.3 is 5.97 Å². The Labute approximate surface area is 118 Å².